The fraction of sp³-hybridized carbons (Fsp3) is 0.231. The predicted molar refractivity (Wildman–Crippen MR) is 73.6 cm³/mol. The molecule has 0 unspecified atom stereocenters. The molecule has 2 heterocycles. The molecular weight excluding hydrogens is 282 g/mol. The van der Waals surface area contributed by atoms with Crippen molar-refractivity contribution in [1.82, 2.24) is 10.2 Å². The zero-order valence-corrected chi connectivity index (χ0v) is 11.7. The lowest BCUT2D eigenvalue weighted by atomic mass is 10.2. The molecule has 3 rings (SSSR count). The Morgan fingerprint density at radius 1 is 1.35 bits per heavy atom. The van der Waals surface area contributed by atoms with E-state index in [1.165, 1.54) is 0 Å². The van der Waals surface area contributed by atoms with Crippen molar-refractivity contribution in [2.75, 3.05) is 12.1 Å². The molecule has 0 aliphatic carbocycles. The van der Waals surface area contributed by atoms with Gasteiger partial charge in [0.25, 0.3) is 5.91 Å². The Hall–Kier alpha value is -2.21. The van der Waals surface area contributed by atoms with E-state index in [1.54, 1.807) is 26.0 Å². The van der Waals surface area contributed by atoms with Gasteiger partial charge < -0.3 is 14.8 Å². The van der Waals surface area contributed by atoms with Gasteiger partial charge in [0.2, 0.25) is 6.79 Å². The molecule has 2 aromatic rings. The summed E-state index contributed by atoms with van der Waals surface area (Å²) in [5.74, 6) is 0.864. The van der Waals surface area contributed by atoms with Crippen LogP contribution in [0.5, 0.6) is 11.5 Å². The number of ether oxygens (including phenoxy) is 2. The molecule has 20 heavy (non-hydrogen) atoms. The first kappa shape index (κ1) is 12.8. The Bertz CT molecular complexity index is 677. The fourth-order valence-corrected chi connectivity index (χ4v) is 2.28. The second-order valence-corrected chi connectivity index (χ2v) is 4.86. The van der Waals surface area contributed by atoms with Crippen LogP contribution in [-0.4, -0.2) is 22.9 Å². The highest BCUT2D eigenvalue weighted by molar-refractivity contribution is 6.34. The van der Waals surface area contributed by atoms with E-state index in [9.17, 15) is 4.79 Å². The largest absolute Gasteiger partial charge is 0.454 e. The highest BCUT2D eigenvalue weighted by Gasteiger charge is 2.20. The summed E-state index contributed by atoms with van der Waals surface area (Å²) in [5, 5.41) is 9.91. The number of rotatable bonds is 2. The van der Waals surface area contributed by atoms with Crippen molar-refractivity contribution in [2.24, 2.45) is 0 Å². The third kappa shape index (κ3) is 2.08. The molecule has 6 nitrogen and oxygen atoms in total. The number of amides is 1. The first-order chi connectivity index (χ1) is 9.56. The normalized spacial score (nSPS) is 12.6. The maximum atomic E-state index is 12.3. The van der Waals surface area contributed by atoms with E-state index in [2.05, 4.69) is 15.5 Å². The summed E-state index contributed by atoms with van der Waals surface area (Å²) in [5.41, 5.74) is 2.33. The van der Waals surface area contributed by atoms with Crippen LogP contribution in [0.3, 0.4) is 0 Å². The van der Waals surface area contributed by atoms with Crippen LogP contribution >= 0.6 is 11.6 Å². The topological polar surface area (TPSA) is 76.2 Å². The third-order valence-corrected chi connectivity index (χ3v) is 3.38. The van der Waals surface area contributed by atoms with Crippen LogP contribution in [0.1, 0.15) is 21.7 Å². The Balaban J connectivity index is 1.90. The Kier molecular flexibility index (Phi) is 3.02. The molecule has 0 radical (unpaired) electrons. The van der Waals surface area contributed by atoms with Crippen LogP contribution in [0, 0.1) is 13.8 Å². The molecule has 1 aromatic heterocycles. The van der Waals surface area contributed by atoms with E-state index in [0.717, 1.165) is 0 Å². The molecule has 0 atom stereocenters. The standard InChI is InChI=1S/C13H12ClN3O3/c1-6-12(7(2)17-16-6)13(18)15-9-4-11-10(3-8(9)14)19-5-20-11/h3-4H,5H2,1-2H3,(H,15,18)(H,16,17). The van der Waals surface area contributed by atoms with Crippen LogP contribution in [0.2, 0.25) is 5.02 Å². The Morgan fingerprint density at radius 2 is 2.05 bits per heavy atom. The van der Waals surface area contributed by atoms with Crippen molar-refractivity contribution in [3.8, 4) is 11.5 Å². The quantitative estimate of drug-likeness (QED) is 0.892. The van der Waals surface area contributed by atoms with Gasteiger partial charge >= 0.3 is 0 Å². The molecule has 0 saturated carbocycles. The minimum Gasteiger partial charge on any atom is -0.454 e. The number of carbonyl (C=O) groups is 1. The van der Waals surface area contributed by atoms with E-state index in [0.29, 0.717) is 39.2 Å². The van der Waals surface area contributed by atoms with Gasteiger partial charge in [0.1, 0.15) is 0 Å². The average molecular weight is 294 g/mol. The van der Waals surface area contributed by atoms with Gasteiger partial charge in [-0.25, -0.2) is 0 Å². The molecule has 104 valence electrons. The molecule has 1 aromatic carbocycles. The average Bonchev–Trinajstić information content (AvgIpc) is 2.96. The summed E-state index contributed by atoms with van der Waals surface area (Å²) >= 11 is 6.12. The lowest BCUT2D eigenvalue weighted by Crippen LogP contribution is -2.14. The molecule has 1 amide bonds. The Morgan fingerprint density at radius 3 is 2.70 bits per heavy atom. The van der Waals surface area contributed by atoms with Crippen LogP contribution < -0.4 is 14.8 Å². The van der Waals surface area contributed by atoms with Gasteiger partial charge in [-0.2, -0.15) is 5.10 Å². The minimum absolute atomic E-state index is 0.156. The van der Waals surface area contributed by atoms with Gasteiger partial charge in [-0.05, 0) is 13.8 Å². The molecule has 1 aliphatic heterocycles. The predicted octanol–water partition coefficient (Wildman–Crippen LogP) is 2.66. The monoisotopic (exact) mass is 293 g/mol. The molecule has 0 fully saturated rings. The van der Waals surface area contributed by atoms with E-state index >= 15 is 0 Å². The number of aromatic amines is 1. The van der Waals surface area contributed by atoms with Crippen molar-refractivity contribution < 1.29 is 14.3 Å². The van der Waals surface area contributed by atoms with Crippen molar-refractivity contribution in [3.05, 3.63) is 34.1 Å². The Labute approximate surface area is 120 Å². The molecule has 1 aliphatic rings. The smallest absolute Gasteiger partial charge is 0.259 e. The van der Waals surface area contributed by atoms with Gasteiger partial charge in [-0.1, -0.05) is 11.6 Å². The van der Waals surface area contributed by atoms with E-state index in [-0.39, 0.29) is 12.7 Å². The highest BCUT2D eigenvalue weighted by atomic mass is 35.5. The molecule has 0 saturated heterocycles. The van der Waals surface area contributed by atoms with E-state index < -0.39 is 0 Å². The van der Waals surface area contributed by atoms with Crippen LogP contribution in [0.4, 0.5) is 5.69 Å². The third-order valence-electron chi connectivity index (χ3n) is 3.07. The number of anilines is 1. The number of H-pyrrole nitrogens is 1. The van der Waals surface area contributed by atoms with Crippen molar-refractivity contribution >= 4 is 23.2 Å². The second kappa shape index (κ2) is 4.72. The lowest BCUT2D eigenvalue weighted by Gasteiger charge is -2.08. The number of hydrogen-bond acceptors (Lipinski definition) is 4. The molecule has 0 bridgehead atoms. The van der Waals surface area contributed by atoms with Crippen molar-refractivity contribution in [2.45, 2.75) is 13.8 Å². The lowest BCUT2D eigenvalue weighted by molar-refractivity contribution is 0.102. The fourth-order valence-electron chi connectivity index (χ4n) is 2.08. The zero-order chi connectivity index (χ0) is 14.3. The number of carbonyl (C=O) groups excluding carboxylic acids is 1. The zero-order valence-electron chi connectivity index (χ0n) is 10.9. The second-order valence-electron chi connectivity index (χ2n) is 4.45. The van der Waals surface area contributed by atoms with Crippen LogP contribution in [0.15, 0.2) is 12.1 Å². The number of aryl methyl sites for hydroxylation is 2. The summed E-state index contributed by atoms with van der Waals surface area (Å²) in [7, 11) is 0. The highest BCUT2D eigenvalue weighted by Crippen LogP contribution is 2.39. The number of aromatic nitrogens is 2. The van der Waals surface area contributed by atoms with Gasteiger partial charge in [0, 0.05) is 17.8 Å². The SMILES string of the molecule is Cc1n[nH]c(C)c1C(=O)Nc1cc2c(cc1Cl)OCO2. The summed E-state index contributed by atoms with van der Waals surface area (Å²) < 4.78 is 10.5. The van der Waals surface area contributed by atoms with Crippen molar-refractivity contribution in [3.63, 3.8) is 0 Å². The van der Waals surface area contributed by atoms with Gasteiger partial charge in [-0.3, -0.25) is 9.89 Å². The van der Waals surface area contributed by atoms with Crippen LogP contribution in [0.25, 0.3) is 0 Å². The summed E-state index contributed by atoms with van der Waals surface area (Å²) in [4.78, 5) is 12.3. The number of nitrogens with one attached hydrogen (secondary N) is 2. The molecule has 2 N–H and O–H groups in total. The maximum Gasteiger partial charge on any atom is 0.259 e. The molecule has 7 heteroatoms. The number of hydrogen-bond donors (Lipinski definition) is 2. The number of nitrogens with zero attached hydrogens (tertiary/aromatic N) is 1. The van der Waals surface area contributed by atoms with Gasteiger partial charge in [0.05, 0.1) is 22.0 Å². The first-order valence-electron chi connectivity index (χ1n) is 5.98. The summed E-state index contributed by atoms with van der Waals surface area (Å²) in [6.07, 6.45) is 0. The van der Waals surface area contributed by atoms with E-state index in [4.69, 9.17) is 21.1 Å². The number of halogens is 1. The first-order valence-corrected chi connectivity index (χ1v) is 6.36. The molecular formula is C13H12ClN3O3. The summed E-state index contributed by atoms with van der Waals surface area (Å²) in [6, 6.07) is 3.27. The van der Waals surface area contributed by atoms with E-state index in [1.807, 2.05) is 0 Å². The van der Waals surface area contributed by atoms with Crippen LogP contribution in [-0.2, 0) is 0 Å². The summed E-state index contributed by atoms with van der Waals surface area (Å²) in [6.45, 7) is 3.71. The number of benzene rings is 1. The van der Waals surface area contributed by atoms with Crippen molar-refractivity contribution in [1.29, 1.82) is 0 Å². The van der Waals surface area contributed by atoms with Gasteiger partial charge in [-0.15, -0.1) is 0 Å². The number of fused-ring (bicyclic) bond motifs is 1. The maximum absolute atomic E-state index is 12.3. The minimum atomic E-state index is -0.269. The van der Waals surface area contributed by atoms with Gasteiger partial charge in [0.15, 0.2) is 11.5 Å². The molecule has 0 spiro atoms.